The number of fused-ring (bicyclic) bond motifs is 5. The van der Waals surface area contributed by atoms with Crippen molar-refractivity contribution in [3.63, 3.8) is 0 Å². The van der Waals surface area contributed by atoms with Crippen LogP contribution >= 0.6 is 45.2 Å². The van der Waals surface area contributed by atoms with E-state index < -0.39 is 0 Å². The minimum Gasteiger partial charge on any atom is -0.303 e. The third-order valence-corrected chi connectivity index (χ3v) is 14.3. The van der Waals surface area contributed by atoms with Gasteiger partial charge in [-0.1, -0.05) is 64.6 Å². The van der Waals surface area contributed by atoms with Crippen molar-refractivity contribution in [2.75, 3.05) is 0 Å². The second-order valence-electron chi connectivity index (χ2n) is 9.01. The molecule has 4 aliphatic carbocycles. The van der Waals surface area contributed by atoms with Crippen molar-refractivity contribution >= 4 is 57.3 Å². The maximum absolute atomic E-state index is 12.0. The van der Waals surface area contributed by atoms with Crippen LogP contribution in [0.2, 0.25) is 0 Å². The average Bonchev–Trinajstić information content (AvgIpc) is 2.81. The summed E-state index contributed by atoms with van der Waals surface area (Å²) in [6.07, 6.45) is 11.8. The molecular weight excluding hydrogens is 526 g/mol. The number of alkyl halides is 2. The molecule has 0 heterocycles. The molecule has 4 heteroatoms. The molecule has 132 valence electrons. The summed E-state index contributed by atoms with van der Waals surface area (Å²) in [5.74, 6) is 1.18. The van der Waals surface area contributed by atoms with Crippen molar-refractivity contribution in [1.29, 1.82) is 0 Å². The van der Waals surface area contributed by atoms with Crippen LogP contribution in [0.4, 0.5) is 0 Å². The van der Waals surface area contributed by atoms with E-state index in [2.05, 4.69) is 59.0 Å². The minimum absolute atomic E-state index is 0.134. The van der Waals surface area contributed by atoms with Gasteiger partial charge in [0.2, 0.25) is 0 Å². The minimum atomic E-state index is 0.134. The van der Waals surface area contributed by atoms with Crippen LogP contribution in [0.1, 0.15) is 65.2 Å². The number of halogens is 2. The van der Waals surface area contributed by atoms with E-state index >= 15 is 0 Å². The van der Waals surface area contributed by atoms with Crippen molar-refractivity contribution < 1.29 is 9.59 Å². The number of aldehydes is 1. The molecule has 0 bridgehead atoms. The van der Waals surface area contributed by atoms with E-state index in [0.717, 1.165) is 32.1 Å². The lowest BCUT2D eigenvalue weighted by Crippen LogP contribution is -2.66. The van der Waals surface area contributed by atoms with Gasteiger partial charge < -0.3 is 4.79 Å². The normalized spacial score (nSPS) is 53.7. The summed E-state index contributed by atoms with van der Waals surface area (Å²) in [6, 6.07) is 0. The van der Waals surface area contributed by atoms with Gasteiger partial charge in [-0.15, -0.1) is 0 Å². The first-order valence-corrected chi connectivity index (χ1v) is 11.4. The quantitative estimate of drug-likeness (QED) is 0.247. The van der Waals surface area contributed by atoms with Crippen molar-refractivity contribution in [2.24, 2.45) is 22.7 Å². The Morgan fingerprint density at radius 1 is 1.08 bits per heavy atom. The number of allylic oxidation sites excluding steroid dienone is 1. The zero-order valence-corrected chi connectivity index (χ0v) is 18.9. The fraction of sp³-hybridized carbons (Fsp3) is 0.800. The first-order chi connectivity index (χ1) is 11.2. The Labute approximate surface area is 172 Å². The smallest absolute Gasteiger partial charge is 0.155 e. The zero-order valence-electron chi connectivity index (χ0n) is 14.5. The van der Waals surface area contributed by atoms with Crippen LogP contribution in [0.15, 0.2) is 11.6 Å². The zero-order chi connectivity index (χ0) is 17.4. The molecule has 6 atom stereocenters. The van der Waals surface area contributed by atoms with E-state index in [1.165, 1.54) is 24.7 Å². The fourth-order valence-electron chi connectivity index (χ4n) is 6.73. The highest BCUT2D eigenvalue weighted by Gasteiger charge is 2.71. The lowest BCUT2D eigenvalue weighted by Gasteiger charge is -2.66. The molecule has 0 spiro atoms. The van der Waals surface area contributed by atoms with Gasteiger partial charge in [0.25, 0.3) is 0 Å². The highest BCUT2D eigenvalue weighted by molar-refractivity contribution is 14.1. The van der Waals surface area contributed by atoms with Gasteiger partial charge in [0.15, 0.2) is 5.78 Å². The molecule has 4 aliphatic rings. The highest BCUT2D eigenvalue weighted by Crippen LogP contribution is 2.75. The van der Waals surface area contributed by atoms with Gasteiger partial charge in [-0.25, -0.2) is 0 Å². The van der Waals surface area contributed by atoms with E-state index in [-0.39, 0.29) is 23.6 Å². The standard InChI is InChI=1S/C20H26I2O2/c1-17-7-5-15(24)11-13(17)3-9-19(21)16(17)6-8-18(2)14(12-23)4-10-20(18,19)22/h11-12,14,16H,3-10H2,1-2H3/t14?,16?,17?,18?,19?,20-/m0/s1. The summed E-state index contributed by atoms with van der Waals surface area (Å²) in [6.45, 7) is 4.82. The lowest BCUT2D eigenvalue weighted by molar-refractivity contribution is -0.118. The van der Waals surface area contributed by atoms with Gasteiger partial charge >= 0.3 is 0 Å². The fourth-order valence-corrected chi connectivity index (χ4v) is 10.5. The number of hydrogen-bond donors (Lipinski definition) is 0. The van der Waals surface area contributed by atoms with Gasteiger partial charge in [-0.05, 0) is 67.8 Å². The summed E-state index contributed by atoms with van der Waals surface area (Å²) in [4.78, 5) is 23.7. The van der Waals surface area contributed by atoms with E-state index in [4.69, 9.17) is 0 Å². The molecule has 0 saturated heterocycles. The average molecular weight is 552 g/mol. The molecule has 24 heavy (non-hydrogen) atoms. The molecule has 3 fully saturated rings. The van der Waals surface area contributed by atoms with E-state index in [1.54, 1.807) is 0 Å². The Bertz CT molecular complexity index is 644. The number of ketones is 1. The molecule has 2 nitrogen and oxygen atoms in total. The Morgan fingerprint density at radius 3 is 2.54 bits per heavy atom. The van der Waals surface area contributed by atoms with Gasteiger partial charge in [0.05, 0.1) is 0 Å². The maximum Gasteiger partial charge on any atom is 0.155 e. The topological polar surface area (TPSA) is 34.1 Å². The van der Waals surface area contributed by atoms with Crippen LogP contribution in [0, 0.1) is 22.7 Å². The van der Waals surface area contributed by atoms with Gasteiger partial charge in [0, 0.05) is 19.2 Å². The number of carbonyl (C=O) groups excluding carboxylic acids is 2. The molecule has 3 saturated carbocycles. The SMILES string of the molecule is CC12CCC(=O)C=C1CCC1(I)C2CCC2(C)C(C=O)CC[C@]21I. The van der Waals surface area contributed by atoms with Gasteiger partial charge in [0.1, 0.15) is 6.29 Å². The largest absolute Gasteiger partial charge is 0.303 e. The third kappa shape index (κ3) is 1.99. The number of carbonyl (C=O) groups is 2. The van der Waals surface area contributed by atoms with E-state index in [0.29, 0.717) is 18.1 Å². The molecule has 0 aromatic heterocycles. The maximum atomic E-state index is 12.0. The Balaban J connectivity index is 1.81. The summed E-state index contributed by atoms with van der Waals surface area (Å²) in [5.41, 5.74) is 1.74. The van der Waals surface area contributed by atoms with Crippen LogP contribution in [-0.4, -0.2) is 18.9 Å². The monoisotopic (exact) mass is 552 g/mol. The van der Waals surface area contributed by atoms with Crippen molar-refractivity contribution in [3.8, 4) is 0 Å². The first kappa shape index (κ1) is 17.9. The second kappa shape index (κ2) is 5.52. The van der Waals surface area contributed by atoms with E-state index in [9.17, 15) is 9.59 Å². The lowest BCUT2D eigenvalue weighted by atomic mass is 9.47. The Kier molecular flexibility index (Phi) is 4.12. The predicted molar refractivity (Wildman–Crippen MR) is 113 cm³/mol. The highest BCUT2D eigenvalue weighted by atomic mass is 127. The molecule has 4 rings (SSSR count). The molecule has 0 N–H and O–H groups in total. The number of rotatable bonds is 1. The van der Waals surface area contributed by atoms with Crippen LogP contribution in [0.3, 0.4) is 0 Å². The second-order valence-corrected chi connectivity index (χ2v) is 12.8. The van der Waals surface area contributed by atoms with Gasteiger partial charge in [-0.2, -0.15) is 0 Å². The van der Waals surface area contributed by atoms with Crippen LogP contribution in [0.5, 0.6) is 0 Å². The number of hydrogen-bond acceptors (Lipinski definition) is 2. The first-order valence-electron chi connectivity index (χ1n) is 9.28. The van der Waals surface area contributed by atoms with Crippen LogP contribution in [0.25, 0.3) is 0 Å². The molecule has 5 unspecified atom stereocenters. The summed E-state index contributed by atoms with van der Waals surface area (Å²) >= 11 is 5.58. The van der Waals surface area contributed by atoms with E-state index in [1.807, 2.05) is 6.08 Å². The molecule has 0 radical (unpaired) electrons. The molecule has 0 amide bonds. The Hall–Kier alpha value is 0.540. The molecule has 0 aliphatic heterocycles. The summed E-state index contributed by atoms with van der Waals surface area (Å²) in [5, 5.41) is 0. The predicted octanol–water partition coefficient (Wildman–Crippen LogP) is 5.45. The molecular formula is C20H26I2O2. The summed E-state index contributed by atoms with van der Waals surface area (Å²) < 4.78 is 0.436. The summed E-state index contributed by atoms with van der Waals surface area (Å²) in [7, 11) is 0. The van der Waals surface area contributed by atoms with Crippen LogP contribution < -0.4 is 0 Å². The molecule has 0 aromatic rings. The van der Waals surface area contributed by atoms with Gasteiger partial charge in [-0.3, -0.25) is 4.79 Å². The molecule has 0 aromatic carbocycles. The van der Waals surface area contributed by atoms with Crippen LogP contribution in [-0.2, 0) is 9.59 Å². The van der Waals surface area contributed by atoms with Crippen molar-refractivity contribution in [2.45, 2.75) is 72.1 Å². The van der Waals surface area contributed by atoms with Crippen molar-refractivity contribution in [3.05, 3.63) is 11.6 Å². The third-order valence-electron chi connectivity index (χ3n) is 8.34. The van der Waals surface area contributed by atoms with Crippen molar-refractivity contribution in [1.82, 2.24) is 0 Å². The Morgan fingerprint density at radius 2 is 1.83 bits per heavy atom.